The van der Waals surface area contributed by atoms with E-state index in [1.165, 1.54) is 11.3 Å². The van der Waals surface area contributed by atoms with Crippen LogP contribution in [0.3, 0.4) is 0 Å². The van der Waals surface area contributed by atoms with Gasteiger partial charge in [-0.05, 0) is 25.0 Å². The molecule has 0 radical (unpaired) electrons. The molecule has 0 bridgehead atoms. The summed E-state index contributed by atoms with van der Waals surface area (Å²) in [5.41, 5.74) is 4.48. The van der Waals surface area contributed by atoms with E-state index in [4.69, 9.17) is 5.84 Å². The lowest BCUT2D eigenvalue weighted by molar-refractivity contribution is -0.120. The number of rotatable bonds is 4. The zero-order valence-electron chi connectivity index (χ0n) is 12.2. The van der Waals surface area contributed by atoms with Gasteiger partial charge in [-0.2, -0.15) is 11.8 Å². The van der Waals surface area contributed by atoms with E-state index in [-0.39, 0.29) is 5.91 Å². The van der Waals surface area contributed by atoms with Crippen LogP contribution in [0, 0.1) is 0 Å². The SMILES string of the molecule is CC1(C)CN(Cc2ccccc2CC(=O)NN)CCS1. The Balaban J connectivity index is 2.07. The quantitative estimate of drug-likeness (QED) is 0.502. The molecular formula is C15H23N3OS. The maximum Gasteiger partial charge on any atom is 0.238 e. The molecule has 1 amide bonds. The van der Waals surface area contributed by atoms with Gasteiger partial charge in [0.1, 0.15) is 0 Å². The summed E-state index contributed by atoms with van der Waals surface area (Å²) in [6, 6.07) is 8.12. The predicted molar refractivity (Wildman–Crippen MR) is 84.3 cm³/mol. The van der Waals surface area contributed by atoms with Gasteiger partial charge in [-0.15, -0.1) is 0 Å². The number of amides is 1. The van der Waals surface area contributed by atoms with Gasteiger partial charge in [-0.3, -0.25) is 15.1 Å². The Morgan fingerprint density at radius 2 is 2.10 bits per heavy atom. The van der Waals surface area contributed by atoms with Gasteiger partial charge in [-0.1, -0.05) is 24.3 Å². The molecule has 1 saturated heterocycles. The Morgan fingerprint density at radius 1 is 1.40 bits per heavy atom. The smallest absolute Gasteiger partial charge is 0.238 e. The van der Waals surface area contributed by atoms with Gasteiger partial charge in [0.25, 0.3) is 0 Å². The van der Waals surface area contributed by atoms with Gasteiger partial charge in [0, 0.05) is 30.1 Å². The molecule has 4 nitrogen and oxygen atoms in total. The van der Waals surface area contributed by atoms with Crippen LogP contribution in [0.1, 0.15) is 25.0 Å². The molecule has 5 heteroatoms. The third-order valence-electron chi connectivity index (χ3n) is 3.53. The molecule has 0 aliphatic carbocycles. The van der Waals surface area contributed by atoms with E-state index >= 15 is 0 Å². The highest BCUT2D eigenvalue weighted by molar-refractivity contribution is 8.00. The molecular weight excluding hydrogens is 270 g/mol. The lowest BCUT2D eigenvalue weighted by atomic mass is 10.0. The highest BCUT2D eigenvalue weighted by atomic mass is 32.2. The zero-order valence-corrected chi connectivity index (χ0v) is 13.0. The van der Waals surface area contributed by atoms with Crippen LogP contribution in [0.15, 0.2) is 24.3 Å². The van der Waals surface area contributed by atoms with Crippen LogP contribution in [0.5, 0.6) is 0 Å². The van der Waals surface area contributed by atoms with Gasteiger partial charge in [-0.25, -0.2) is 5.84 Å². The molecule has 1 aliphatic rings. The highest BCUT2D eigenvalue weighted by Crippen LogP contribution is 2.30. The molecule has 0 spiro atoms. The van der Waals surface area contributed by atoms with Crippen molar-refractivity contribution in [2.24, 2.45) is 5.84 Å². The number of thioether (sulfide) groups is 1. The molecule has 1 aromatic rings. The fourth-order valence-electron chi connectivity index (χ4n) is 2.60. The van der Waals surface area contributed by atoms with E-state index in [0.717, 1.165) is 25.2 Å². The minimum absolute atomic E-state index is 0.146. The van der Waals surface area contributed by atoms with E-state index in [2.05, 4.69) is 30.2 Å². The molecule has 1 aromatic carbocycles. The fourth-order valence-corrected chi connectivity index (χ4v) is 3.77. The number of nitrogens with one attached hydrogen (secondary N) is 1. The van der Waals surface area contributed by atoms with Gasteiger partial charge >= 0.3 is 0 Å². The molecule has 2 rings (SSSR count). The number of nitrogens with zero attached hydrogens (tertiary/aromatic N) is 1. The molecule has 0 unspecified atom stereocenters. The number of hydrogen-bond donors (Lipinski definition) is 2. The topological polar surface area (TPSA) is 58.4 Å². The third kappa shape index (κ3) is 4.23. The Morgan fingerprint density at radius 3 is 2.75 bits per heavy atom. The number of hydrazine groups is 1. The van der Waals surface area contributed by atoms with Crippen molar-refractivity contribution < 1.29 is 4.79 Å². The van der Waals surface area contributed by atoms with Crippen molar-refractivity contribution in [3.05, 3.63) is 35.4 Å². The van der Waals surface area contributed by atoms with Crippen molar-refractivity contribution in [2.45, 2.75) is 31.6 Å². The Bertz CT molecular complexity index is 476. The first-order valence-electron chi connectivity index (χ1n) is 6.93. The largest absolute Gasteiger partial charge is 0.297 e. The van der Waals surface area contributed by atoms with E-state index in [0.29, 0.717) is 11.2 Å². The average Bonchev–Trinajstić information content (AvgIpc) is 2.39. The number of benzene rings is 1. The number of carbonyl (C=O) groups excluding carboxylic acids is 1. The van der Waals surface area contributed by atoms with Gasteiger partial charge in [0.2, 0.25) is 5.91 Å². The highest BCUT2D eigenvalue weighted by Gasteiger charge is 2.27. The van der Waals surface area contributed by atoms with Crippen LogP contribution in [-0.2, 0) is 17.8 Å². The zero-order chi connectivity index (χ0) is 14.6. The Labute approximate surface area is 125 Å². The van der Waals surface area contributed by atoms with Crippen LogP contribution >= 0.6 is 11.8 Å². The first-order chi connectivity index (χ1) is 9.50. The molecule has 20 heavy (non-hydrogen) atoms. The second kappa shape index (κ2) is 6.61. The normalized spacial score (nSPS) is 18.8. The summed E-state index contributed by atoms with van der Waals surface area (Å²) >= 11 is 2.03. The van der Waals surface area contributed by atoms with Gasteiger partial charge < -0.3 is 0 Å². The summed E-state index contributed by atoms with van der Waals surface area (Å²) in [5, 5.41) is 0. The first-order valence-corrected chi connectivity index (χ1v) is 7.91. The number of carbonyl (C=O) groups is 1. The molecule has 1 heterocycles. The summed E-state index contributed by atoms with van der Waals surface area (Å²) < 4.78 is 0.307. The predicted octanol–water partition coefficient (Wildman–Crippen LogP) is 1.55. The summed E-state index contributed by atoms with van der Waals surface area (Å²) in [5.74, 6) is 6.20. The van der Waals surface area contributed by atoms with Crippen molar-refractivity contribution in [3.63, 3.8) is 0 Å². The van der Waals surface area contributed by atoms with Crippen LogP contribution < -0.4 is 11.3 Å². The maximum absolute atomic E-state index is 11.5. The van der Waals surface area contributed by atoms with Crippen LogP contribution in [-0.4, -0.2) is 34.4 Å². The van der Waals surface area contributed by atoms with Crippen LogP contribution in [0.2, 0.25) is 0 Å². The van der Waals surface area contributed by atoms with Gasteiger partial charge in [0.05, 0.1) is 6.42 Å². The minimum Gasteiger partial charge on any atom is -0.297 e. The summed E-state index contributed by atoms with van der Waals surface area (Å²) in [6.45, 7) is 7.66. The monoisotopic (exact) mass is 293 g/mol. The van der Waals surface area contributed by atoms with Crippen LogP contribution in [0.4, 0.5) is 0 Å². The van der Waals surface area contributed by atoms with E-state index in [1.54, 1.807) is 0 Å². The standard InChI is InChI=1S/C15H23N3OS/c1-15(2)11-18(7-8-20-15)10-13-6-4-3-5-12(13)9-14(19)17-16/h3-6H,7-11,16H2,1-2H3,(H,17,19). The molecule has 3 N–H and O–H groups in total. The summed E-state index contributed by atoms with van der Waals surface area (Å²) in [6.07, 6.45) is 0.346. The molecule has 0 aromatic heterocycles. The van der Waals surface area contributed by atoms with Gasteiger partial charge in [0.15, 0.2) is 0 Å². The second-order valence-corrected chi connectivity index (χ2v) is 7.63. The van der Waals surface area contributed by atoms with Crippen molar-refractivity contribution in [1.29, 1.82) is 0 Å². The lowest BCUT2D eigenvalue weighted by Crippen LogP contribution is -2.42. The van der Waals surface area contributed by atoms with Crippen molar-refractivity contribution >= 4 is 17.7 Å². The van der Waals surface area contributed by atoms with Crippen molar-refractivity contribution in [2.75, 3.05) is 18.8 Å². The Hall–Kier alpha value is -1.04. The average molecular weight is 293 g/mol. The third-order valence-corrected chi connectivity index (χ3v) is 4.83. The molecule has 0 atom stereocenters. The van der Waals surface area contributed by atoms with Crippen molar-refractivity contribution in [1.82, 2.24) is 10.3 Å². The van der Waals surface area contributed by atoms with Crippen molar-refractivity contribution in [3.8, 4) is 0 Å². The molecule has 0 saturated carbocycles. The van der Waals surface area contributed by atoms with E-state index in [1.807, 2.05) is 30.0 Å². The summed E-state index contributed by atoms with van der Waals surface area (Å²) in [7, 11) is 0. The summed E-state index contributed by atoms with van der Waals surface area (Å²) in [4.78, 5) is 13.9. The fraction of sp³-hybridized carbons (Fsp3) is 0.533. The number of hydrogen-bond acceptors (Lipinski definition) is 4. The lowest BCUT2D eigenvalue weighted by Gasteiger charge is -2.37. The van der Waals surface area contributed by atoms with E-state index in [9.17, 15) is 4.79 Å². The Kier molecular flexibility index (Phi) is 5.07. The molecule has 110 valence electrons. The molecule has 1 aliphatic heterocycles. The van der Waals surface area contributed by atoms with E-state index < -0.39 is 0 Å². The minimum atomic E-state index is -0.146. The maximum atomic E-state index is 11.5. The first kappa shape index (κ1) is 15.4. The molecule has 1 fully saturated rings. The van der Waals surface area contributed by atoms with Crippen LogP contribution in [0.25, 0.3) is 0 Å². The second-order valence-electron chi connectivity index (χ2n) is 5.83. The number of nitrogens with two attached hydrogens (primary N) is 1.